The number of hydrogen-bond donors (Lipinski definition) is 5. The molecule has 0 bridgehead atoms. The molecular weight excluding hydrogens is 250 g/mol. The van der Waals surface area contributed by atoms with Crippen molar-refractivity contribution in [3.8, 4) is 0 Å². The number of aliphatic hydroxyl groups excluding tert-OH is 5. The molecule has 116 valence electrons. The summed E-state index contributed by atoms with van der Waals surface area (Å²) in [5, 5.41) is 45.6. The summed E-state index contributed by atoms with van der Waals surface area (Å²) in [6.45, 7) is 1.21. The molecule has 0 aromatic carbocycles. The number of unbranched alkanes of at least 4 members (excludes halogenated alkanes) is 3. The Bertz CT molecular complexity index is 205. The van der Waals surface area contributed by atoms with E-state index in [2.05, 4.69) is 4.90 Å². The predicted molar refractivity (Wildman–Crippen MR) is 72.8 cm³/mol. The van der Waals surface area contributed by atoms with Gasteiger partial charge in [0, 0.05) is 13.2 Å². The highest BCUT2D eigenvalue weighted by atomic mass is 16.4. The van der Waals surface area contributed by atoms with Crippen molar-refractivity contribution in [3.63, 3.8) is 0 Å². The third-order valence-electron chi connectivity index (χ3n) is 3.23. The first-order chi connectivity index (χ1) is 9.02. The van der Waals surface area contributed by atoms with E-state index in [-0.39, 0.29) is 6.61 Å². The zero-order valence-corrected chi connectivity index (χ0v) is 11.8. The number of rotatable bonds is 12. The van der Waals surface area contributed by atoms with E-state index in [1.165, 1.54) is 0 Å². The molecule has 3 atom stereocenters. The second kappa shape index (κ2) is 11.6. The quantitative estimate of drug-likeness (QED) is 0.292. The maximum Gasteiger partial charge on any atom is 0.108 e. The maximum atomic E-state index is 9.63. The summed E-state index contributed by atoms with van der Waals surface area (Å²) in [7, 11) is 1.94. The molecule has 0 heterocycles. The van der Waals surface area contributed by atoms with Crippen molar-refractivity contribution < 1.29 is 25.5 Å². The fourth-order valence-electron chi connectivity index (χ4n) is 1.85. The molecule has 0 aliphatic carbocycles. The van der Waals surface area contributed by atoms with Gasteiger partial charge in [-0.1, -0.05) is 12.8 Å². The van der Waals surface area contributed by atoms with Crippen LogP contribution in [0.4, 0.5) is 0 Å². The van der Waals surface area contributed by atoms with Crippen molar-refractivity contribution >= 4 is 0 Å². The van der Waals surface area contributed by atoms with Crippen LogP contribution in [0, 0.1) is 0 Å². The zero-order chi connectivity index (χ0) is 14.7. The van der Waals surface area contributed by atoms with Gasteiger partial charge in [-0.15, -0.1) is 0 Å². The smallest absolute Gasteiger partial charge is 0.108 e. The van der Waals surface area contributed by atoms with Crippen molar-refractivity contribution in [3.05, 3.63) is 0 Å². The van der Waals surface area contributed by atoms with Gasteiger partial charge in [-0.05, 0) is 32.9 Å². The molecule has 0 amide bonds. The number of nitrogens with zero attached hydrogens (tertiary/aromatic N) is 1. The summed E-state index contributed by atoms with van der Waals surface area (Å²) in [5.74, 6) is 0. The van der Waals surface area contributed by atoms with Crippen molar-refractivity contribution in [2.75, 3.05) is 33.4 Å². The molecule has 6 nitrogen and oxygen atoms in total. The number of aliphatic hydroxyl groups is 5. The molecule has 0 radical (unpaired) electrons. The largest absolute Gasteiger partial charge is 0.396 e. The summed E-state index contributed by atoms with van der Waals surface area (Å²) >= 11 is 0. The van der Waals surface area contributed by atoms with Gasteiger partial charge in [-0.25, -0.2) is 0 Å². The van der Waals surface area contributed by atoms with Gasteiger partial charge >= 0.3 is 0 Å². The first-order valence-electron chi connectivity index (χ1n) is 6.97. The fraction of sp³-hybridized carbons (Fsp3) is 1.00. The van der Waals surface area contributed by atoms with Crippen LogP contribution in [0.1, 0.15) is 32.1 Å². The second-order valence-corrected chi connectivity index (χ2v) is 5.04. The van der Waals surface area contributed by atoms with Gasteiger partial charge in [0.2, 0.25) is 0 Å². The summed E-state index contributed by atoms with van der Waals surface area (Å²) in [6.07, 6.45) is 0.696. The van der Waals surface area contributed by atoms with E-state index >= 15 is 0 Å². The molecule has 0 aliphatic rings. The first kappa shape index (κ1) is 18.8. The lowest BCUT2D eigenvalue weighted by atomic mass is 10.1. The molecule has 3 unspecified atom stereocenters. The Hall–Kier alpha value is -0.240. The maximum absolute atomic E-state index is 9.63. The molecule has 19 heavy (non-hydrogen) atoms. The lowest BCUT2D eigenvalue weighted by molar-refractivity contribution is -0.0796. The number of hydrogen-bond acceptors (Lipinski definition) is 6. The SMILES string of the molecule is CN(CCCCCCO)CCC(O)C(O)C(O)CO. The summed E-state index contributed by atoms with van der Waals surface area (Å²) in [6, 6.07) is 0. The van der Waals surface area contributed by atoms with Gasteiger partial charge in [0.25, 0.3) is 0 Å². The van der Waals surface area contributed by atoms with Crippen LogP contribution < -0.4 is 0 Å². The minimum Gasteiger partial charge on any atom is -0.396 e. The first-order valence-corrected chi connectivity index (χ1v) is 6.97. The van der Waals surface area contributed by atoms with Crippen molar-refractivity contribution in [1.82, 2.24) is 4.90 Å². The van der Waals surface area contributed by atoms with Crippen LogP contribution >= 0.6 is 0 Å². The normalized spacial score (nSPS) is 16.6. The van der Waals surface area contributed by atoms with Gasteiger partial charge < -0.3 is 30.4 Å². The van der Waals surface area contributed by atoms with Crippen LogP contribution in [-0.2, 0) is 0 Å². The minimum absolute atomic E-state index is 0.243. The fourth-order valence-corrected chi connectivity index (χ4v) is 1.85. The molecule has 6 heteroatoms. The van der Waals surface area contributed by atoms with Crippen molar-refractivity contribution in [1.29, 1.82) is 0 Å². The Balaban J connectivity index is 3.63. The second-order valence-electron chi connectivity index (χ2n) is 5.04. The van der Waals surface area contributed by atoms with Gasteiger partial charge in [-0.3, -0.25) is 0 Å². The Morgan fingerprint density at radius 3 is 2.05 bits per heavy atom. The molecule has 0 saturated heterocycles. The Labute approximate surface area is 115 Å². The van der Waals surface area contributed by atoms with Gasteiger partial charge in [0.1, 0.15) is 12.2 Å². The van der Waals surface area contributed by atoms with Crippen molar-refractivity contribution in [2.24, 2.45) is 0 Å². The van der Waals surface area contributed by atoms with E-state index in [0.29, 0.717) is 13.0 Å². The summed E-state index contributed by atoms with van der Waals surface area (Å²) in [5.41, 5.74) is 0. The highest BCUT2D eigenvalue weighted by Crippen LogP contribution is 2.06. The molecule has 0 rings (SSSR count). The van der Waals surface area contributed by atoms with Crippen LogP contribution in [0.5, 0.6) is 0 Å². The standard InChI is InChI=1S/C13H29NO5/c1-14(7-4-2-3-5-9-15)8-6-11(17)13(19)12(18)10-16/h11-13,15-19H,2-10H2,1H3. The third kappa shape index (κ3) is 9.32. The molecule has 0 spiro atoms. The molecule has 5 N–H and O–H groups in total. The third-order valence-corrected chi connectivity index (χ3v) is 3.23. The van der Waals surface area contributed by atoms with Gasteiger partial charge in [-0.2, -0.15) is 0 Å². The highest BCUT2D eigenvalue weighted by Gasteiger charge is 2.23. The van der Waals surface area contributed by atoms with Crippen LogP contribution in [0.2, 0.25) is 0 Å². The molecule has 0 aromatic heterocycles. The van der Waals surface area contributed by atoms with E-state index < -0.39 is 24.9 Å². The molecular formula is C13H29NO5. The Morgan fingerprint density at radius 1 is 0.842 bits per heavy atom. The lowest BCUT2D eigenvalue weighted by Gasteiger charge is -2.24. The predicted octanol–water partition coefficient (Wildman–Crippen LogP) is -1.06. The highest BCUT2D eigenvalue weighted by molar-refractivity contribution is 4.75. The molecule has 0 aromatic rings. The topological polar surface area (TPSA) is 104 Å². The molecule has 0 fully saturated rings. The van der Waals surface area contributed by atoms with Gasteiger partial charge in [0.05, 0.1) is 12.7 Å². The van der Waals surface area contributed by atoms with Crippen LogP contribution in [0.3, 0.4) is 0 Å². The monoisotopic (exact) mass is 279 g/mol. The van der Waals surface area contributed by atoms with Crippen LogP contribution in [0.25, 0.3) is 0 Å². The van der Waals surface area contributed by atoms with E-state index in [1.807, 2.05) is 7.05 Å². The Kier molecular flexibility index (Phi) is 11.4. The van der Waals surface area contributed by atoms with Gasteiger partial charge in [0.15, 0.2) is 0 Å². The molecule has 0 aliphatic heterocycles. The summed E-state index contributed by atoms with van der Waals surface area (Å²) < 4.78 is 0. The summed E-state index contributed by atoms with van der Waals surface area (Å²) in [4.78, 5) is 2.06. The van der Waals surface area contributed by atoms with E-state index in [0.717, 1.165) is 32.2 Å². The average molecular weight is 279 g/mol. The van der Waals surface area contributed by atoms with Crippen LogP contribution in [0.15, 0.2) is 0 Å². The van der Waals surface area contributed by atoms with E-state index in [1.54, 1.807) is 0 Å². The average Bonchev–Trinajstić information content (AvgIpc) is 2.42. The van der Waals surface area contributed by atoms with Crippen molar-refractivity contribution in [2.45, 2.75) is 50.4 Å². The zero-order valence-electron chi connectivity index (χ0n) is 11.8. The Morgan fingerprint density at radius 2 is 1.47 bits per heavy atom. The molecule has 0 saturated carbocycles. The van der Waals surface area contributed by atoms with E-state index in [9.17, 15) is 15.3 Å². The lowest BCUT2D eigenvalue weighted by Crippen LogP contribution is -2.41. The van der Waals surface area contributed by atoms with E-state index in [4.69, 9.17) is 10.2 Å². The minimum atomic E-state index is -1.30. The van der Waals surface area contributed by atoms with Crippen LogP contribution in [-0.4, -0.2) is 82.1 Å².